The average Bonchev–Trinajstić information content (AvgIpc) is 2.85. The normalized spacial score (nSPS) is 19.3. The van der Waals surface area contributed by atoms with Crippen molar-refractivity contribution in [1.82, 2.24) is 24.8 Å². The monoisotopic (exact) mass is 428 g/mol. The second-order valence-electron chi connectivity index (χ2n) is 9.22. The SMILES string of the molecule is C=C(Nc1cc2cc(-c3cnccn3)ccc2cn1)C1CCN(C2CCN(C)CC2)CC1. The van der Waals surface area contributed by atoms with Crippen molar-refractivity contribution < 1.29 is 0 Å². The van der Waals surface area contributed by atoms with Crippen LogP contribution in [0.15, 0.2) is 61.3 Å². The minimum atomic E-state index is 0.501. The fraction of sp³-hybridized carbons (Fsp3) is 0.423. The summed E-state index contributed by atoms with van der Waals surface area (Å²) in [7, 11) is 2.23. The number of pyridine rings is 1. The van der Waals surface area contributed by atoms with Gasteiger partial charge in [-0.05, 0) is 76.4 Å². The number of aromatic nitrogens is 3. The predicted molar refractivity (Wildman–Crippen MR) is 130 cm³/mol. The van der Waals surface area contributed by atoms with E-state index in [0.717, 1.165) is 39.6 Å². The Kier molecular flexibility index (Phi) is 6.14. The molecule has 2 aliphatic heterocycles. The van der Waals surface area contributed by atoms with Crippen LogP contribution in [0.25, 0.3) is 22.0 Å². The summed E-state index contributed by atoms with van der Waals surface area (Å²) in [5, 5.41) is 5.75. The van der Waals surface area contributed by atoms with Crippen LogP contribution in [0.2, 0.25) is 0 Å². The molecule has 3 aromatic rings. The van der Waals surface area contributed by atoms with Crippen molar-refractivity contribution >= 4 is 16.6 Å². The van der Waals surface area contributed by atoms with Gasteiger partial charge in [-0.15, -0.1) is 0 Å². The van der Waals surface area contributed by atoms with Gasteiger partial charge in [-0.1, -0.05) is 18.7 Å². The highest BCUT2D eigenvalue weighted by atomic mass is 15.2. The van der Waals surface area contributed by atoms with Gasteiger partial charge in [-0.3, -0.25) is 9.97 Å². The summed E-state index contributed by atoms with van der Waals surface area (Å²) < 4.78 is 0. The zero-order valence-electron chi connectivity index (χ0n) is 18.9. The first-order chi connectivity index (χ1) is 15.7. The van der Waals surface area contributed by atoms with Crippen molar-refractivity contribution in [3.05, 3.63) is 61.3 Å². The highest BCUT2D eigenvalue weighted by Crippen LogP contribution is 2.29. The van der Waals surface area contributed by atoms with Crippen LogP contribution in [0, 0.1) is 5.92 Å². The topological polar surface area (TPSA) is 57.2 Å². The average molecular weight is 429 g/mol. The highest BCUT2D eigenvalue weighted by molar-refractivity contribution is 5.88. The Morgan fingerprint density at radius 1 is 0.938 bits per heavy atom. The Hall–Kier alpha value is -2.83. The van der Waals surface area contributed by atoms with E-state index in [1.54, 1.807) is 18.6 Å². The molecule has 0 bridgehead atoms. The molecule has 2 fully saturated rings. The van der Waals surface area contributed by atoms with Crippen LogP contribution in [-0.4, -0.2) is 64.0 Å². The quantitative estimate of drug-likeness (QED) is 0.649. The molecular weight excluding hydrogens is 396 g/mol. The number of rotatable bonds is 5. The molecule has 0 saturated carbocycles. The van der Waals surface area contributed by atoms with Crippen molar-refractivity contribution in [2.45, 2.75) is 31.7 Å². The number of anilines is 1. The Labute approximate surface area is 190 Å². The predicted octanol–water partition coefficient (Wildman–Crippen LogP) is 4.42. The molecule has 0 spiro atoms. The smallest absolute Gasteiger partial charge is 0.130 e. The fourth-order valence-corrected chi connectivity index (χ4v) is 5.06. The van der Waals surface area contributed by atoms with E-state index in [1.165, 1.54) is 51.9 Å². The third-order valence-corrected chi connectivity index (χ3v) is 7.10. The fourth-order valence-electron chi connectivity index (χ4n) is 5.06. The van der Waals surface area contributed by atoms with E-state index in [1.807, 2.05) is 6.20 Å². The lowest BCUT2D eigenvalue weighted by Gasteiger charge is -2.41. The lowest BCUT2D eigenvalue weighted by molar-refractivity contribution is 0.0914. The number of likely N-dealkylation sites (tertiary alicyclic amines) is 2. The van der Waals surface area contributed by atoms with Crippen molar-refractivity contribution in [2.75, 3.05) is 38.5 Å². The maximum absolute atomic E-state index is 4.62. The molecule has 2 saturated heterocycles. The molecule has 0 aliphatic carbocycles. The summed E-state index contributed by atoms with van der Waals surface area (Å²) >= 11 is 0. The molecule has 166 valence electrons. The number of hydrogen-bond acceptors (Lipinski definition) is 6. The van der Waals surface area contributed by atoms with E-state index >= 15 is 0 Å². The van der Waals surface area contributed by atoms with Gasteiger partial charge in [0.1, 0.15) is 5.82 Å². The van der Waals surface area contributed by atoms with Crippen LogP contribution in [0.4, 0.5) is 5.82 Å². The molecule has 0 radical (unpaired) electrons. The van der Waals surface area contributed by atoms with Gasteiger partial charge in [0.15, 0.2) is 0 Å². The summed E-state index contributed by atoms with van der Waals surface area (Å²) in [5.41, 5.74) is 3.02. The lowest BCUT2D eigenvalue weighted by Crippen LogP contribution is -2.47. The number of piperidine rings is 2. The molecule has 6 heteroatoms. The number of hydrogen-bond donors (Lipinski definition) is 1. The van der Waals surface area contributed by atoms with Gasteiger partial charge in [0.25, 0.3) is 0 Å². The third-order valence-electron chi connectivity index (χ3n) is 7.10. The van der Waals surface area contributed by atoms with E-state index < -0.39 is 0 Å². The molecular formula is C26H32N6. The molecule has 5 rings (SSSR count). The minimum Gasteiger partial charge on any atom is -0.344 e. The zero-order valence-corrected chi connectivity index (χ0v) is 18.9. The Morgan fingerprint density at radius 3 is 2.50 bits per heavy atom. The number of benzene rings is 1. The van der Waals surface area contributed by atoms with E-state index in [-0.39, 0.29) is 0 Å². The molecule has 1 aromatic carbocycles. The summed E-state index contributed by atoms with van der Waals surface area (Å²) in [6.07, 6.45) is 12.1. The van der Waals surface area contributed by atoms with Gasteiger partial charge in [0, 0.05) is 47.2 Å². The van der Waals surface area contributed by atoms with Gasteiger partial charge in [0.2, 0.25) is 0 Å². The second kappa shape index (κ2) is 9.35. The highest BCUT2D eigenvalue weighted by Gasteiger charge is 2.28. The summed E-state index contributed by atoms with van der Waals surface area (Å²) in [4.78, 5) is 18.4. The van der Waals surface area contributed by atoms with Crippen LogP contribution in [-0.2, 0) is 0 Å². The van der Waals surface area contributed by atoms with Gasteiger partial charge >= 0.3 is 0 Å². The largest absolute Gasteiger partial charge is 0.344 e. The van der Waals surface area contributed by atoms with Crippen molar-refractivity contribution in [3.8, 4) is 11.3 Å². The number of allylic oxidation sites excluding steroid dienone is 1. The maximum Gasteiger partial charge on any atom is 0.130 e. The summed E-state index contributed by atoms with van der Waals surface area (Å²) in [5.74, 6) is 1.36. The minimum absolute atomic E-state index is 0.501. The molecule has 2 aliphatic rings. The Balaban J connectivity index is 1.22. The van der Waals surface area contributed by atoms with Crippen LogP contribution in [0.5, 0.6) is 0 Å². The van der Waals surface area contributed by atoms with Gasteiger partial charge in [-0.2, -0.15) is 0 Å². The standard InChI is InChI=1S/C26H32N6/c1-19(20-5-13-32(14-6-20)24-7-11-31(2)12-8-24)30-26-16-23-15-21(3-4-22(23)17-29-26)25-18-27-9-10-28-25/h3-4,9-10,15-18,20,24H,1,5-8,11-14H2,2H3,(H,29,30). The number of nitrogens with zero attached hydrogens (tertiary/aromatic N) is 5. The van der Waals surface area contributed by atoms with Gasteiger partial charge in [-0.25, -0.2) is 4.98 Å². The Morgan fingerprint density at radius 2 is 1.75 bits per heavy atom. The number of fused-ring (bicyclic) bond motifs is 1. The zero-order chi connectivity index (χ0) is 21.9. The van der Waals surface area contributed by atoms with E-state index in [9.17, 15) is 0 Å². The molecule has 4 heterocycles. The van der Waals surface area contributed by atoms with Crippen molar-refractivity contribution in [1.29, 1.82) is 0 Å². The van der Waals surface area contributed by atoms with Crippen LogP contribution >= 0.6 is 0 Å². The van der Waals surface area contributed by atoms with Crippen LogP contribution in [0.1, 0.15) is 25.7 Å². The van der Waals surface area contributed by atoms with Gasteiger partial charge < -0.3 is 15.1 Å². The lowest BCUT2D eigenvalue weighted by atomic mass is 9.91. The van der Waals surface area contributed by atoms with Crippen LogP contribution < -0.4 is 5.32 Å². The van der Waals surface area contributed by atoms with Crippen molar-refractivity contribution in [3.63, 3.8) is 0 Å². The van der Waals surface area contributed by atoms with Gasteiger partial charge in [0.05, 0.1) is 11.9 Å². The van der Waals surface area contributed by atoms with E-state index in [4.69, 9.17) is 0 Å². The first-order valence-corrected chi connectivity index (χ1v) is 11.7. The second-order valence-corrected chi connectivity index (χ2v) is 9.22. The molecule has 6 nitrogen and oxygen atoms in total. The molecule has 0 unspecified atom stereocenters. The molecule has 32 heavy (non-hydrogen) atoms. The summed E-state index contributed by atoms with van der Waals surface area (Å²) in [6.45, 7) is 9.17. The third kappa shape index (κ3) is 4.66. The van der Waals surface area contributed by atoms with Crippen LogP contribution in [0.3, 0.4) is 0 Å². The Bertz CT molecular complexity index is 1070. The first-order valence-electron chi connectivity index (χ1n) is 11.7. The van der Waals surface area contributed by atoms with Crippen molar-refractivity contribution in [2.24, 2.45) is 5.92 Å². The molecule has 2 aromatic heterocycles. The molecule has 0 atom stereocenters. The summed E-state index contributed by atoms with van der Waals surface area (Å²) in [6, 6.07) is 9.17. The van der Waals surface area contributed by atoms with E-state index in [2.05, 4.69) is 68.0 Å². The molecule has 0 amide bonds. The first kappa shape index (κ1) is 21.0. The maximum atomic E-state index is 4.62. The number of nitrogens with one attached hydrogen (secondary N) is 1. The molecule has 1 N–H and O–H groups in total. The van der Waals surface area contributed by atoms with E-state index in [0.29, 0.717) is 5.92 Å².